The molecule has 3 rings (SSSR count). The van der Waals surface area contributed by atoms with E-state index in [0.717, 1.165) is 0 Å². The molecule has 0 radical (unpaired) electrons. The molecule has 3 aliphatic heterocycles. The fraction of sp³-hybridized carbons (Fsp3) is 0.714. The van der Waals surface area contributed by atoms with Gasteiger partial charge in [-0.3, -0.25) is 9.59 Å². The van der Waals surface area contributed by atoms with E-state index < -0.39 is 53.0 Å². The number of carbonyl (C=O) groups is 4. The van der Waals surface area contributed by atoms with Crippen molar-refractivity contribution in [1.82, 2.24) is 4.90 Å². The second-order valence-electron chi connectivity index (χ2n) is 8.57. The van der Waals surface area contributed by atoms with Crippen LogP contribution in [0, 0.1) is 5.92 Å². The zero-order chi connectivity index (χ0) is 22.3. The van der Waals surface area contributed by atoms with Crippen LogP contribution in [0.3, 0.4) is 0 Å². The Hall–Kier alpha value is -2.26. The van der Waals surface area contributed by atoms with Crippen molar-refractivity contribution in [2.45, 2.75) is 63.9 Å². The van der Waals surface area contributed by atoms with Crippen LogP contribution >= 0.6 is 0 Å². The number of Topliss-reactive ketones (excluding diaryl/α,β-unsaturated/α-hetero) is 1. The summed E-state index contributed by atoms with van der Waals surface area (Å²) < 4.78 is 22.0. The molecule has 166 valence electrons. The highest BCUT2D eigenvalue weighted by atomic mass is 16.7. The van der Waals surface area contributed by atoms with Gasteiger partial charge < -0.3 is 23.8 Å². The highest BCUT2D eigenvalue weighted by Gasteiger charge is 2.64. The third kappa shape index (κ3) is 4.13. The van der Waals surface area contributed by atoms with Crippen molar-refractivity contribution in [2.75, 3.05) is 26.7 Å². The highest BCUT2D eigenvalue weighted by molar-refractivity contribution is 6.01. The van der Waals surface area contributed by atoms with Gasteiger partial charge in [-0.25, -0.2) is 9.59 Å². The van der Waals surface area contributed by atoms with Gasteiger partial charge in [0.25, 0.3) is 0 Å². The molecular formula is C21H29NO8. The standard InChI is InChI=1S/C21H29NO8/c1-12-10-21(13(2)29-21)19(26)28-16-7-9-22(5)8-6-15(17(16)24)11-27-18(25)20(12,4)30-14(3)23/h6,12-13,16H,7-11H2,1-5H3/t12-,13+,16+,20+,21+/m0/s1. The van der Waals surface area contributed by atoms with Crippen LogP contribution in [0.5, 0.6) is 0 Å². The number of esters is 3. The minimum absolute atomic E-state index is 0.0788. The smallest absolute Gasteiger partial charge is 0.350 e. The van der Waals surface area contributed by atoms with Crippen LogP contribution in [0.2, 0.25) is 0 Å². The maximum Gasteiger partial charge on any atom is 0.350 e. The SMILES string of the molecule is CC(=O)O[C@@]1(C)C(=O)OCC2=CCN(C)CC[C@@H](OC(=O)[C@]3(C[C@@H]1C)O[C@@H]3C)C2=O. The molecule has 2 saturated heterocycles. The molecule has 2 bridgehead atoms. The summed E-state index contributed by atoms with van der Waals surface area (Å²) in [6.07, 6.45) is 0.648. The van der Waals surface area contributed by atoms with Gasteiger partial charge >= 0.3 is 17.9 Å². The molecule has 0 aromatic heterocycles. The van der Waals surface area contributed by atoms with E-state index in [9.17, 15) is 19.2 Å². The van der Waals surface area contributed by atoms with E-state index in [1.807, 2.05) is 11.9 Å². The predicted octanol–water partition coefficient (Wildman–Crippen LogP) is 0.792. The monoisotopic (exact) mass is 423 g/mol. The van der Waals surface area contributed by atoms with Gasteiger partial charge in [-0.05, 0) is 27.3 Å². The third-order valence-electron chi connectivity index (χ3n) is 6.28. The molecule has 0 N–H and O–H groups in total. The number of nitrogens with zero attached hydrogens (tertiary/aromatic N) is 1. The lowest BCUT2D eigenvalue weighted by Gasteiger charge is -2.35. The number of cyclic esters (lactones) is 1. The minimum Gasteiger partial charge on any atom is -0.458 e. The van der Waals surface area contributed by atoms with Crippen LogP contribution in [-0.4, -0.2) is 78.7 Å². The number of fused-ring (bicyclic) bond motifs is 2. The quantitative estimate of drug-likeness (QED) is 0.343. The van der Waals surface area contributed by atoms with Gasteiger partial charge in [0.1, 0.15) is 6.61 Å². The fourth-order valence-electron chi connectivity index (χ4n) is 3.98. The topological polar surface area (TPSA) is 112 Å². The molecule has 0 aliphatic carbocycles. The number of carbonyl (C=O) groups excluding carboxylic acids is 4. The Morgan fingerprint density at radius 2 is 1.90 bits per heavy atom. The van der Waals surface area contributed by atoms with Gasteiger partial charge in [0.2, 0.25) is 11.4 Å². The summed E-state index contributed by atoms with van der Waals surface area (Å²) in [5.41, 5.74) is -2.70. The van der Waals surface area contributed by atoms with Crippen LogP contribution in [-0.2, 0) is 38.1 Å². The van der Waals surface area contributed by atoms with Crippen molar-refractivity contribution in [1.29, 1.82) is 0 Å². The van der Waals surface area contributed by atoms with Crippen LogP contribution < -0.4 is 0 Å². The lowest BCUT2D eigenvalue weighted by molar-refractivity contribution is -0.187. The summed E-state index contributed by atoms with van der Waals surface area (Å²) in [7, 11) is 1.88. The predicted molar refractivity (Wildman–Crippen MR) is 103 cm³/mol. The Balaban J connectivity index is 2.01. The minimum atomic E-state index is -1.65. The molecule has 0 aromatic rings. The van der Waals surface area contributed by atoms with Crippen LogP contribution in [0.4, 0.5) is 0 Å². The van der Waals surface area contributed by atoms with Gasteiger partial charge in [0.15, 0.2) is 11.7 Å². The molecule has 5 atom stereocenters. The molecule has 1 spiro atoms. The molecule has 3 aliphatic rings. The second-order valence-corrected chi connectivity index (χ2v) is 8.57. The van der Waals surface area contributed by atoms with Gasteiger partial charge in [-0.15, -0.1) is 0 Å². The van der Waals surface area contributed by atoms with Crippen LogP contribution in [0.15, 0.2) is 11.6 Å². The van der Waals surface area contributed by atoms with Crippen molar-refractivity contribution in [3.8, 4) is 0 Å². The zero-order valence-corrected chi connectivity index (χ0v) is 18.1. The summed E-state index contributed by atoms with van der Waals surface area (Å²) in [5, 5.41) is 0. The van der Waals surface area contributed by atoms with Crippen molar-refractivity contribution >= 4 is 23.7 Å². The molecule has 9 nitrogen and oxygen atoms in total. The average molecular weight is 423 g/mol. The lowest BCUT2D eigenvalue weighted by Crippen LogP contribution is -2.50. The Labute approximate surface area is 175 Å². The fourth-order valence-corrected chi connectivity index (χ4v) is 3.98. The van der Waals surface area contributed by atoms with Gasteiger partial charge in [-0.2, -0.15) is 0 Å². The number of ether oxygens (including phenoxy) is 4. The van der Waals surface area contributed by atoms with E-state index in [1.165, 1.54) is 13.8 Å². The first-order chi connectivity index (χ1) is 14.0. The first-order valence-electron chi connectivity index (χ1n) is 10.2. The summed E-state index contributed by atoms with van der Waals surface area (Å²) >= 11 is 0. The van der Waals surface area contributed by atoms with Gasteiger partial charge in [-0.1, -0.05) is 13.0 Å². The molecule has 0 aromatic carbocycles. The van der Waals surface area contributed by atoms with E-state index in [1.54, 1.807) is 19.9 Å². The highest BCUT2D eigenvalue weighted by Crippen LogP contribution is 2.46. The molecule has 3 heterocycles. The Morgan fingerprint density at radius 1 is 1.23 bits per heavy atom. The van der Waals surface area contributed by atoms with E-state index in [2.05, 4.69) is 0 Å². The zero-order valence-electron chi connectivity index (χ0n) is 18.1. The second kappa shape index (κ2) is 8.11. The van der Waals surface area contributed by atoms with Crippen molar-refractivity contribution < 1.29 is 38.1 Å². The number of likely N-dealkylation sites (N-methyl/N-ethyl adjacent to an activating group) is 1. The van der Waals surface area contributed by atoms with Crippen LogP contribution in [0.25, 0.3) is 0 Å². The number of hydrogen-bond acceptors (Lipinski definition) is 9. The summed E-state index contributed by atoms with van der Waals surface area (Å²) in [6, 6.07) is 0. The summed E-state index contributed by atoms with van der Waals surface area (Å²) in [6.45, 7) is 6.82. The summed E-state index contributed by atoms with van der Waals surface area (Å²) in [5.74, 6) is -3.06. The molecule has 2 fully saturated rings. The van der Waals surface area contributed by atoms with Gasteiger partial charge in [0.05, 0.1) is 6.10 Å². The number of hydrogen-bond donors (Lipinski definition) is 0. The molecule has 0 saturated carbocycles. The Morgan fingerprint density at radius 3 is 2.50 bits per heavy atom. The van der Waals surface area contributed by atoms with Crippen molar-refractivity contribution in [3.05, 3.63) is 11.6 Å². The molecule has 30 heavy (non-hydrogen) atoms. The van der Waals surface area contributed by atoms with E-state index in [-0.39, 0.29) is 18.6 Å². The third-order valence-corrected chi connectivity index (χ3v) is 6.28. The number of rotatable bonds is 1. The largest absolute Gasteiger partial charge is 0.458 e. The lowest BCUT2D eigenvalue weighted by atomic mass is 9.81. The van der Waals surface area contributed by atoms with Gasteiger partial charge in [0, 0.05) is 37.9 Å². The number of ketones is 1. The molecule has 0 unspecified atom stereocenters. The van der Waals surface area contributed by atoms with E-state index in [4.69, 9.17) is 18.9 Å². The summed E-state index contributed by atoms with van der Waals surface area (Å²) in [4.78, 5) is 52.7. The first-order valence-corrected chi connectivity index (χ1v) is 10.2. The van der Waals surface area contributed by atoms with E-state index >= 15 is 0 Å². The average Bonchev–Trinajstić information content (AvgIpc) is 3.32. The van der Waals surface area contributed by atoms with Crippen molar-refractivity contribution in [2.24, 2.45) is 5.92 Å². The normalized spacial score (nSPS) is 38.2. The maximum absolute atomic E-state index is 13.1. The molecular weight excluding hydrogens is 394 g/mol. The van der Waals surface area contributed by atoms with Crippen molar-refractivity contribution in [3.63, 3.8) is 0 Å². The number of epoxide rings is 1. The molecule has 0 amide bonds. The first kappa shape index (κ1) is 22.4. The Kier molecular flexibility index (Phi) is 6.06. The molecule has 9 heteroatoms. The van der Waals surface area contributed by atoms with Crippen LogP contribution in [0.1, 0.15) is 40.5 Å². The maximum atomic E-state index is 13.1. The van der Waals surface area contributed by atoms with E-state index in [0.29, 0.717) is 19.5 Å². The Bertz CT molecular complexity index is 792.